The van der Waals surface area contributed by atoms with E-state index in [1.165, 1.54) is 5.56 Å². The van der Waals surface area contributed by atoms with Crippen LogP contribution in [0.3, 0.4) is 0 Å². The quantitative estimate of drug-likeness (QED) is 0.259. The summed E-state index contributed by atoms with van der Waals surface area (Å²) in [5.74, 6) is -1.02. The van der Waals surface area contributed by atoms with Gasteiger partial charge in [0.25, 0.3) is 5.91 Å². The maximum absolute atomic E-state index is 12.6. The molecular weight excluding hydrogens is 482 g/mol. The number of aromatic nitrogens is 2. The number of likely N-dealkylation sites (N-methyl/N-ethyl adjacent to an activating group) is 1. The molecule has 7 N–H and O–H groups in total. The zero-order valence-electron chi connectivity index (χ0n) is 20.7. The van der Waals surface area contributed by atoms with Gasteiger partial charge in [-0.1, -0.05) is 41.9 Å². The summed E-state index contributed by atoms with van der Waals surface area (Å²) in [5, 5.41) is 13.6. The Morgan fingerprint density at radius 1 is 1.14 bits per heavy atom. The fourth-order valence-corrected chi connectivity index (χ4v) is 4.40. The number of guanidine groups is 1. The molecule has 2 aromatic rings. The lowest BCUT2D eigenvalue weighted by Gasteiger charge is -2.42. The Kier molecular flexibility index (Phi) is 9.05. The number of hydrogen-bond donors (Lipinski definition) is 5. The minimum atomic E-state index is -0.707. The molecule has 0 radical (unpaired) electrons. The van der Waals surface area contributed by atoms with Crippen molar-refractivity contribution in [2.45, 2.75) is 25.7 Å². The highest BCUT2D eigenvalue weighted by Gasteiger charge is 2.36. The molecule has 0 saturated carbocycles. The Morgan fingerprint density at radius 3 is 2.44 bits per heavy atom. The largest absolute Gasteiger partial charge is 0.382 e. The molecule has 0 spiro atoms. The Morgan fingerprint density at radius 2 is 1.81 bits per heavy atom. The van der Waals surface area contributed by atoms with Crippen molar-refractivity contribution in [3.05, 3.63) is 46.7 Å². The summed E-state index contributed by atoms with van der Waals surface area (Å²) in [7, 11) is 3.76. The van der Waals surface area contributed by atoms with E-state index in [4.69, 9.17) is 28.5 Å². The first kappa shape index (κ1) is 27.2. The summed E-state index contributed by atoms with van der Waals surface area (Å²) in [6.07, 6.45) is 3.34. The second-order valence-electron chi connectivity index (χ2n) is 9.42. The minimum absolute atomic E-state index is 0.0744. The zero-order valence-corrected chi connectivity index (χ0v) is 21.4. The zero-order chi connectivity index (χ0) is 26.3. The van der Waals surface area contributed by atoms with E-state index in [1.54, 1.807) is 0 Å². The Bertz CT molecular complexity index is 1090. The van der Waals surface area contributed by atoms with Crippen LogP contribution in [0.25, 0.3) is 0 Å². The first-order valence-corrected chi connectivity index (χ1v) is 12.1. The number of aryl methyl sites for hydroxylation is 1. The number of benzene rings is 1. The molecular formula is C24H34ClN9O2. The van der Waals surface area contributed by atoms with Crippen molar-refractivity contribution in [1.82, 2.24) is 30.4 Å². The number of nitrogens with two attached hydrogens (primary N) is 2. The van der Waals surface area contributed by atoms with Gasteiger partial charge in [0.1, 0.15) is 0 Å². The highest BCUT2D eigenvalue weighted by Crippen LogP contribution is 2.36. The maximum atomic E-state index is 12.6. The normalized spacial score (nSPS) is 14.9. The fourth-order valence-electron chi connectivity index (χ4n) is 4.27. The standard InChI is InChI=1S/C24H34ClN9O2/c1-33(2)14-17(35)34-12-10-24(11-13-34,9-8-16-6-4-3-5-7-16)15-29-23(28)32-22(36)18-20(26)31-21(27)19(25)30-18/h3-7H,8-15H2,1-2H3,(H4,26,27,31)(H3,28,29,32,36). The Hall–Kier alpha value is -3.44. The molecule has 0 aliphatic carbocycles. The lowest BCUT2D eigenvalue weighted by Crippen LogP contribution is -2.51. The van der Waals surface area contributed by atoms with Gasteiger partial charge in [-0.05, 0) is 50.8 Å². The summed E-state index contributed by atoms with van der Waals surface area (Å²) in [6, 6.07) is 10.2. The number of hydrogen-bond acceptors (Lipinski definition) is 8. The van der Waals surface area contributed by atoms with Crippen LogP contribution < -0.4 is 22.1 Å². The van der Waals surface area contributed by atoms with E-state index in [0.29, 0.717) is 26.2 Å². The van der Waals surface area contributed by atoms with Crippen LogP contribution in [0.15, 0.2) is 30.3 Å². The highest BCUT2D eigenvalue weighted by atomic mass is 35.5. The van der Waals surface area contributed by atoms with Crippen LogP contribution >= 0.6 is 11.6 Å². The Balaban J connectivity index is 1.64. The minimum Gasteiger partial charge on any atom is -0.382 e. The van der Waals surface area contributed by atoms with Crippen LogP contribution in [0, 0.1) is 10.8 Å². The van der Waals surface area contributed by atoms with Gasteiger partial charge in [0.15, 0.2) is 28.4 Å². The van der Waals surface area contributed by atoms with Crippen LogP contribution in [0.1, 0.15) is 35.3 Å². The lowest BCUT2D eigenvalue weighted by atomic mass is 9.74. The third-order valence-electron chi connectivity index (χ3n) is 6.41. The van der Waals surface area contributed by atoms with E-state index in [1.807, 2.05) is 42.1 Å². The van der Waals surface area contributed by atoms with Gasteiger partial charge in [0, 0.05) is 19.6 Å². The van der Waals surface area contributed by atoms with E-state index < -0.39 is 5.91 Å². The number of halogens is 1. The number of carbonyl (C=O) groups is 2. The number of piperidine rings is 1. The summed E-state index contributed by atoms with van der Waals surface area (Å²) in [5.41, 5.74) is 12.2. The summed E-state index contributed by atoms with van der Waals surface area (Å²) >= 11 is 5.86. The predicted octanol–water partition coefficient (Wildman–Crippen LogP) is 1.35. The van der Waals surface area contributed by atoms with Crippen molar-refractivity contribution >= 4 is 41.0 Å². The monoisotopic (exact) mass is 515 g/mol. The number of likely N-dealkylation sites (tertiary alicyclic amines) is 1. The van der Waals surface area contributed by atoms with Gasteiger partial charge in [-0.3, -0.25) is 20.3 Å². The number of rotatable bonds is 8. The number of nitrogens with zero attached hydrogens (tertiary/aromatic N) is 4. The van der Waals surface area contributed by atoms with E-state index in [-0.39, 0.29) is 39.8 Å². The predicted molar refractivity (Wildman–Crippen MR) is 141 cm³/mol. The van der Waals surface area contributed by atoms with Gasteiger partial charge in [0.05, 0.1) is 6.54 Å². The number of carbonyl (C=O) groups excluding carboxylic acids is 2. The van der Waals surface area contributed by atoms with Gasteiger partial charge in [-0.15, -0.1) is 0 Å². The topological polar surface area (TPSA) is 166 Å². The van der Waals surface area contributed by atoms with Crippen molar-refractivity contribution in [2.75, 3.05) is 51.7 Å². The molecule has 1 aromatic carbocycles. The van der Waals surface area contributed by atoms with Crippen LogP contribution in [0.5, 0.6) is 0 Å². The summed E-state index contributed by atoms with van der Waals surface area (Å²) in [6.45, 7) is 2.16. The molecule has 11 nitrogen and oxygen atoms in total. The van der Waals surface area contributed by atoms with Crippen molar-refractivity contribution in [1.29, 1.82) is 5.41 Å². The summed E-state index contributed by atoms with van der Waals surface area (Å²) in [4.78, 5) is 36.6. The van der Waals surface area contributed by atoms with E-state index in [2.05, 4.69) is 32.7 Å². The third-order valence-corrected chi connectivity index (χ3v) is 6.69. The molecule has 0 atom stereocenters. The second kappa shape index (κ2) is 12.0. The average Bonchev–Trinajstić information content (AvgIpc) is 2.84. The number of nitrogen functional groups attached to an aromatic ring is 2. The van der Waals surface area contributed by atoms with Crippen molar-refractivity contribution in [3.63, 3.8) is 0 Å². The van der Waals surface area contributed by atoms with E-state index >= 15 is 0 Å². The highest BCUT2D eigenvalue weighted by molar-refractivity contribution is 6.31. The number of amides is 2. The third kappa shape index (κ3) is 7.28. The molecule has 12 heteroatoms. The first-order chi connectivity index (χ1) is 17.1. The summed E-state index contributed by atoms with van der Waals surface area (Å²) < 4.78 is 0. The molecule has 1 aromatic heterocycles. The molecule has 0 unspecified atom stereocenters. The molecule has 3 rings (SSSR count). The SMILES string of the molecule is CN(C)CC(=O)N1CCC(CCc2ccccc2)(CNC(=N)NC(=O)c2nc(Cl)c(N)nc2N)CC1. The first-order valence-electron chi connectivity index (χ1n) is 11.8. The number of nitrogens with one attached hydrogen (secondary N) is 3. The van der Waals surface area contributed by atoms with Crippen LogP contribution in [0.2, 0.25) is 5.15 Å². The molecule has 194 valence electrons. The van der Waals surface area contributed by atoms with Gasteiger partial charge < -0.3 is 26.6 Å². The average molecular weight is 516 g/mol. The Labute approximate surface area is 216 Å². The smallest absolute Gasteiger partial charge is 0.280 e. The van der Waals surface area contributed by atoms with Crippen LogP contribution in [-0.4, -0.2) is 77.8 Å². The van der Waals surface area contributed by atoms with Gasteiger partial charge in [-0.25, -0.2) is 9.97 Å². The second-order valence-corrected chi connectivity index (χ2v) is 9.78. The van der Waals surface area contributed by atoms with Gasteiger partial charge in [-0.2, -0.15) is 0 Å². The van der Waals surface area contributed by atoms with Crippen molar-refractivity contribution in [3.8, 4) is 0 Å². The molecule has 2 amide bonds. The van der Waals surface area contributed by atoms with E-state index in [0.717, 1.165) is 25.7 Å². The molecule has 1 aliphatic rings. The molecule has 0 bridgehead atoms. The maximum Gasteiger partial charge on any atom is 0.280 e. The van der Waals surface area contributed by atoms with Crippen LogP contribution in [-0.2, 0) is 11.2 Å². The lowest BCUT2D eigenvalue weighted by molar-refractivity contribution is -0.134. The fraction of sp³-hybridized carbons (Fsp3) is 0.458. The van der Waals surface area contributed by atoms with E-state index in [9.17, 15) is 9.59 Å². The van der Waals surface area contributed by atoms with Crippen molar-refractivity contribution < 1.29 is 9.59 Å². The molecule has 1 aliphatic heterocycles. The van der Waals surface area contributed by atoms with Gasteiger partial charge >= 0.3 is 0 Å². The van der Waals surface area contributed by atoms with Crippen LogP contribution in [0.4, 0.5) is 11.6 Å². The molecule has 1 saturated heterocycles. The van der Waals surface area contributed by atoms with Crippen molar-refractivity contribution in [2.24, 2.45) is 5.41 Å². The van der Waals surface area contributed by atoms with Gasteiger partial charge in [0.2, 0.25) is 5.91 Å². The molecule has 36 heavy (non-hydrogen) atoms. The molecule has 2 heterocycles. The number of anilines is 2. The molecule has 1 fully saturated rings.